The molecule has 8 heteroatoms. The first-order valence-corrected chi connectivity index (χ1v) is 9.76. The average molecular weight is 395 g/mol. The number of allylic oxidation sites excluding steroid dienone is 1. The summed E-state index contributed by atoms with van der Waals surface area (Å²) in [4.78, 5) is 15.9. The Kier molecular flexibility index (Phi) is 6.94. The SMILES string of the molecule is C=CCn1c(SCc2ccc(C(=O)NCCO)cc2)nnc1-c1ccncc1. The van der Waals surface area contributed by atoms with E-state index >= 15 is 0 Å². The van der Waals surface area contributed by atoms with E-state index in [9.17, 15) is 4.79 Å². The third kappa shape index (κ3) is 4.85. The fourth-order valence-electron chi connectivity index (χ4n) is 2.58. The standard InChI is InChI=1S/C20H21N5O2S/c1-2-12-25-18(16-7-9-21-10-8-16)23-24-20(25)28-14-15-3-5-17(6-4-15)19(27)22-11-13-26/h2-10,26H,1,11-14H2,(H,22,27). The summed E-state index contributed by atoms with van der Waals surface area (Å²) in [5.74, 6) is 1.28. The van der Waals surface area contributed by atoms with Gasteiger partial charge in [0, 0.05) is 42.4 Å². The van der Waals surface area contributed by atoms with Crippen molar-refractivity contribution in [3.05, 3.63) is 72.6 Å². The molecule has 0 radical (unpaired) electrons. The first kappa shape index (κ1) is 19.8. The quantitative estimate of drug-likeness (QED) is 0.427. The Labute approximate surface area is 167 Å². The highest BCUT2D eigenvalue weighted by Gasteiger charge is 2.13. The number of hydrogen-bond donors (Lipinski definition) is 2. The van der Waals surface area contributed by atoms with E-state index in [1.807, 2.05) is 34.9 Å². The van der Waals surface area contributed by atoms with Gasteiger partial charge in [-0.1, -0.05) is 30.0 Å². The number of aliphatic hydroxyl groups excluding tert-OH is 1. The Balaban J connectivity index is 1.70. The molecule has 0 atom stereocenters. The predicted molar refractivity (Wildman–Crippen MR) is 109 cm³/mol. The zero-order chi connectivity index (χ0) is 19.8. The molecule has 144 valence electrons. The monoisotopic (exact) mass is 395 g/mol. The maximum absolute atomic E-state index is 11.9. The van der Waals surface area contributed by atoms with Crippen LogP contribution >= 0.6 is 11.8 Å². The van der Waals surface area contributed by atoms with Gasteiger partial charge in [-0.15, -0.1) is 16.8 Å². The molecule has 3 aromatic rings. The van der Waals surface area contributed by atoms with Crippen LogP contribution in [-0.2, 0) is 12.3 Å². The molecule has 0 saturated carbocycles. The minimum atomic E-state index is -0.194. The molecule has 0 unspecified atom stereocenters. The number of thioether (sulfide) groups is 1. The lowest BCUT2D eigenvalue weighted by Gasteiger charge is -2.08. The number of amides is 1. The van der Waals surface area contributed by atoms with Crippen LogP contribution in [-0.4, -0.2) is 43.9 Å². The summed E-state index contributed by atoms with van der Waals surface area (Å²) in [6, 6.07) is 11.2. The summed E-state index contributed by atoms with van der Waals surface area (Å²) in [5, 5.41) is 20.9. The van der Waals surface area contributed by atoms with Crippen LogP contribution in [0.2, 0.25) is 0 Å². The Morgan fingerprint density at radius 3 is 2.61 bits per heavy atom. The van der Waals surface area contributed by atoms with Crippen molar-refractivity contribution in [2.45, 2.75) is 17.5 Å². The van der Waals surface area contributed by atoms with E-state index in [-0.39, 0.29) is 19.1 Å². The molecule has 0 aliphatic carbocycles. The second-order valence-electron chi connectivity index (χ2n) is 5.91. The van der Waals surface area contributed by atoms with Gasteiger partial charge in [0.05, 0.1) is 6.61 Å². The number of nitrogens with one attached hydrogen (secondary N) is 1. The first-order valence-electron chi connectivity index (χ1n) is 8.78. The van der Waals surface area contributed by atoms with E-state index in [1.165, 1.54) is 0 Å². The molecule has 2 aromatic heterocycles. The molecule has 1 amide bonds. The van der Waals surface area contributed by atoms with E-state index in [1.54, 1.807) is 36.3 Å². The van der Waals surface area contributed by atoms with Crippen molar-refractivity contribution in [2.24, 2.45) is 0 Å². The zero-order valence-electron chi connectivity index (χ0n) is 15.3. The molecular formula is C20H21N5O2S. The number of aromatic nitrogens is 4. The Morgan fingerprint density at radius 2 is 1.93 bits per heavy atom. The van der Waals surface area contributed by atoms with Crippen molar-refractivity contribution >= 4 is 17.7 Å². The van der Waals surface area contributed by atoms with Gasteiger partial charge in [-0.2, -0.15) is 0 Å². The number of aliphatic hydroxyl groups is 1. The Hall–Kier alpha value is -2.97. The molecule has 28 heavy (non-hydrogen) atoms. The number of carbonyl (C=O) groups is 1. The highest BCUT2D eigenvalue weighted by molar-refractivity contribution is 7.98. The summed E-state index contributed by atoms with van der Waals surface area (Å²) >= 11 is 1.58. The van der Waals surface area contributed by atoms with Crippen molar-refractivity contribution in [2.75, 3.05) is 13.2 Å². The highest BCUT2D eigenvalue weighted by Crippen LogP contribution is 2.26. The molecule has 2 heterocycles. The summed E-state index contributed by atoms with van der Waals surface area (Å²) < 4.78 is 2.02. The molecule has 0 aliphatic rings. The average Bonchev–Trinajstić information content (AvgIpc) is 3.14. The largest absolute Gasteiger partial charge is 0.395 e. The van der Waals surface area contributed by atoms with Crippen LogP contribution in [0.5, 0.6) is 0 Å². The molecule has 7 nitrogen and oxygen atoms in total. The number of hydrogen-bond acceptors (Lipinski definition) is 6. The van der Waals surface area contributed by atoms with Crippen molar-refractivity contribution in [1.82, 2.24) is 25.1 Å². The van der Waals surface area contributed by atoms with Gasteiger partial charge in [0.2, 0.25) is 0 Å². The molecule has 0 saturated heterocycles. The molecule has 3 rings (SSSR count). The van der Waals surface area contributed by atoms with Crippen LogP contribution in [0.1, 0.15) is 15.9 Å². The number of benzene rings is 1. The maximum Gasteiger partial charge on any atom is 0.251 e. The number of nitrogens with zero attached hydrogens (tertiary/aromatic N) is 4. The molecule has 0 fully saturated rings. The van der Waals surface area contributed by atoms with Crippen LogP contribution in [0.15, 0.2) is 66.6 Å². The van der Waals surface area contributed by atoms with Crippen LogP contribution < -0.4 is 5.32 Å². The van der Waals surface area contributed by atoms with E-state index in [2.05, 4.69) is 27.1 Å². The lowest BCUT2D eigenvalue weighted by Crippen LogP contribution is -2.26. The normalized spacial score (nSPS) is 10.6. The number of rotatable bonds is 9. The Morgan fingerprint density at radius 1 is 1.18 bits per heavy atom. The summed E-state index contributed by atoms with van der Waals surface area (Å²) in [7, 11) is 0. The summed E-state index contributed by atoms with van der Waals surface area (Å²) in [5.41, 5.74) is 2.59. The number of carbonyl (C=O) groups excluding carboxylic acids is 1. The number of pyridine rings is 1. The van der Waals surface area contributed by atoms with Crippen LogP contribution in [0.3, 0.4) is 0 Å². The molecule has 1 aromatic carbocycles. The zero-order valence-corrected chi connectivity index (χ0v) is 16.1. The van der Waals surface area contributed by atoms with Gasteiger partial charge in [-0.3, -0.25) is 14.3 Å². The van der Waals surface area contributed by atoms with E-state index < -0.39 is 0 Å². The van der Waals surface area contributed by atoms with E-state index in [0.29, 0.717) is 17.9 Å². The van der Waals surface area contributed by atoms with Crippen molar-refractivity contribution in [3.8, 4) is 11.4 Å². The van der Waals surface area contributed by atoms with Gasteiger partial charge in [-0.25, -0.2) is 0 Å². The topological polar surface area (TPSA) is 92.9 Å². The molecule has 0 spiro atoms. The minimum absolute atomic E-state index is 0.0761. The van der Waals surface area contributed by atoms with Crippen molar-refractivity contribution in [1.29, 1.82) is 0 Å². The molecule has 2 N–H and O–H groups in total. The van der Waals surface area contributed by atoms with Crippen LogP contribution in [0, 0.1) is 0 Å². The fraction of sp³-hybridized carbons (Fsp3) is 0.200. The van der Waals surface area contributed by atoms with Crippen molar-refractivity contribution in [3.63, 3.8) is 0 Å². The van der Waals surface area contributed by atoms with E-state index in [4.69, 9.17) is 5.11 Å². The van der Waals surface area contributed by atoms with Crippen LogP contribution in [0.25, 0.3) is 11.4 Å². The molecular weight excluding hydrogens is 374 g/mol. The predicted octanol–water partition coefficient (Wildman–Crippen LogP) is 2.54. The van der Waals surface area contributed by atoms with Crippen LogP contribution in [0.4, 0.5) is 0 Å². The summed E-state index contributed by atoms with van der Waals surface area (Å²) in [6.45, 7) is 4.60. The van der Waals surface area contributed by atoms with Gasteiger partial charge < -0.3 is 10.4 Å². The molecule has 0 bridgehead atoms. The van der Waals surface area contributed by atoms with Crippen molar-refractivity contribution < 1.29 is 9.90 Å². The second kappa shape index (κ2) is 9.82. The van der Waals surface area contributed by atoms with Gasteiger partial charge >= 0.3 is 0 Å². The van der Waals surface area contributed by atoms with E-state index in [0.717, 1.165) is 22.1 Å². The first-order chi connectivity index (χ1) is 13.7. The maximum atomic E-state index is 11.9. The third-order valence-corrected chi connectivity index (χ3v) is 4.99. The van der Waals surface area contributed by atoms with Gasteiger partial charge in [0.1, 0.15) is 0 Å². The second-order valence-corrected chi connectivity index (χ2v) is 6.85. The smallest absolute Gasteiger partial charge is 0.251 e. The molecule has 0 aliphatic heterocycles. The lowest BCUT2D eigenvalue weighted by molar-refractivity contribution is 0.0945. The summed E-state index contributed by atoms with van der Waals surface area (Å²) in [6.07, 6.45) is 5.28. The third-order valence-electron chi connectivity index (χ3n) is 3.95. The fourth-order valence-corrected chi connectivity index (χ4v) is 3.48. The lowest BCUT2D eigenvalue weighted by atomic mass is 10.1. The van der Waals surface area contributed by atoms with Gasteiger partial charge in [-0.05, 0) is 29.8 Å². The minimum Gasteiger partial charge on any atom is -0.395 e. The van der Waals surface area contributed by atoms with Gasteiger partial charge in [0.25, 0.3) is 5.91 Å². The highest BCUT2D eigenvalue weighted by atomic mass is 32.2. The Bertz CT molecular complexity index is 926. The van der Waals surface area contributed by atoms with Gasteiger partial charge in [0.15, 0.2) is 11.0 Å².